The van der Waals surface area contributed by atoms with Gasteiger partial charge in [-0.25, -0.2) is 13.2 Å². The first-order valence-corrected chi connectivity index (χ1v) is 12.5. The molecule has 35 heavy (non-hydrogen) atoms. The lowest BCUT2D eigenvalue weighted by Gasteiger charge is -2.38. The van der Waals surface area contributed by atoms with E-state index in [4.69, 9.17) is 11.6 Å². The van der Waals surface area contributed by atoms with E-state index in [1.54, 1.807) is 67.8 Å². The molecule has 0 saturated carbocycles. The van der Waals surface area contributed by atoms with Crippen molar-refractivity contribution in [3.63, 3.8) is 0 Å². The number of aromatic amines is 1. The van der Waals surface area contributed by atoms with Crippen molar-refractivity contribution in [3.8, 4) is 0 Å². The number of amides is 1. The number of aromatic nitrogens is 1. The number of aliphatic carboxylic acids is 1. The van der Waals surface area contributed by atoms with Crippen LogP contribution >= 0.6 is 11.6 Å². The van der Waals surface area contributed by atoms with E-state index < -0.39 is 27.9 Å². The lowest BCUT2D eigenvalue weighted by atomic mass is 10.1. The van der Waals surface area contributed by atoms with Crippen molar-refractivity contribution in [3.05, 3.63) is 64.7 Å². The zero-order valence-corrected chi connectivity index (χ0v) is 20.6. The van der Waals surface area contributed by atoms with Crippen LogP contribution in [-0.2, 0) is 14.8 Å². The van der Waals surface area contributed by atoms with Gasteiger partial charge in [0.2, 0.25) is 0 Å². The highest BCUT2D eigenvalue weighted by molar-refractivity contribution is 7.89. The number of nitrogens with one attached hydrogen (secondary N) is 1. The van der Waals surface area contributed by atoms with E-state index in [2.05, 4.69) is 10.1 Å². The smallest absolute Gasteiger partial charge is 0.327 e. The maximum atomic E-state index is 13.3. The molecule has 1 aromatic heterocycles. The number of hydrazone groups is 1. The fraction of sp³-hybridized carbons (Fsp3) is 0.261. The molecule has 3 aromatic rings. The van der Waals surface area contributed by atoms with Gasteiger partial charge in [-0.3, -0.25) is 4.79 Å². The van der Waals surface area contributed by atoms with Gasteiger partial charge in [-0.15, -0.1) is 0 Å². The topological polar surface area (TPSA) is 126 Å². The summed E-state index contributed by atoms with van der Waals surface area (Å²) in [4.78, 5) is 29.2. The Kier molecular flexibility index (Phi) is 6.84. The Hall–Kier alpha value is -3.41. The summed E-state index contributed by atoms with van der Waals surface area (Å²) < 4.78 is 27.6. The number of fused-ring (bicyclic) bond motifs is 1. The van der Waals surface area contributed by atoms with Crippen LogP contribution in [-0.4, -0.2) is 90.6 Å². The molecule has 2 heterocycles. The second kappa shape index (κ2) is 9.68. The van der Waals surface area contributed by atoms with Crippen LogP contribution in [0.25, 0.3) is 10.9 Å². The van der Waals surface area contributed by atoms with Gasteiger partial charge in [0.1, 0.15) is 11.1 Å². The van der Waals surface area contributed by atoms with E-state index in [1.807, 2.05) is 0 Å². The summed E-state index contributed by atoms with van der Waals surface area (Å²) >= 11 is 5.99. The minimum atomic E-state index is -4.02. The van der Waals surface area contributed by atoms with Gasteiger partial charge in [-0.05, 0) is 42.0 Å². The Balaban J connectivity index is 1.54. The first kappa shape index (κ1) is 24.7. The Morgan fingerprint density at radius 1 is 1.14 bits per heavy atom. The van der Waals surface area contributed by atoms with Gasteiger partial charge in [0.15, 0.2) is 0 Å². The molecule has 4 rings (SSSR count). The Morgan fingerprint density at radius 2 is 1.86 bits per heavy atom. The summed E-state index contributed by atoms with van der Waals surface area (Å²) in [5.74, 6) is -1.76. The predicted octanol–water partition coefficient (Wildman–Crippen LogP) is 2.32. The van der Waals surface area contributed by atoms with Crippen LogP contribution in [0.3, 0.4) is 0 Å². The number of carbonyl (C=O) groups excluding carboxylic acids is 1. The number of nitrogens with zero attached hydrogens (tertiary/aromatic N) is 4. The molecule has 0 radical (unpaired) electrons. The number of hydrogen-bond donors (Lipinski definition) is 2. The molecule has 0 spiro atoms. The third-order valence-electron chi connectivity index (χ3n) is 5.66. The molecule has 0 aliphatic carbocycles. The van der Waals surface area contributed by atoms with Crippen molar-refractivity contribution in [1.29, 1.82) is 0 Å². The van der Waals surface area contributed by atoms with Crippen molar-refractivity contribution in [2.24, 2.45) is 5.10 Å². The van der Waals surface area contributed by atoms with Gasteiger partial charge in [0.25, 0.3) is 15.9 Å². The third-order valence-corrected chi connectivity index (χ3v) is 7.68. The van der Waals surface area contributed by atoms with E-state index in [0.29, 0.717) is 21.5 Å². The van der Waals surface area contributed by atoms with Crippen molar-refractivity contribution in [2.75, 3.05) is 33.7 Å². The molecule has 1 unspecified atom stereocenters. The fourth-order valence-corrected chi connectivity index (χ4v) is 5.48. The van der Waals surface area contributed by atoms with Crippen molar-refractivity contribution in [1.82, 2.24) is 19.2 Å². The van der Waals surface area contributed by atoms with Crippen LogP contribution in [0.5, 0.6) is 0 Å². The molecule has 1 amide bonds. The zero-order valence-electron chi connectivity index (χ0n) is 19.1. The highest BCUT2D eigenvalue weighted by atomic mass is 35.5. The SMILES string of the molecule is CN(C)N=Cc1ccc(C(=O)N2CCN(S(=O)(=O)c3cc4cc(Cl)ccc4[nH]3)CC2C(=O)O)cc1. The molecule has 1 aliphatic heterocycles. The van der Waals surface area contributed by atoms with Crippen LogP contribution in [0, 0.1) is 0 Å². The van der Waals surface area contributed by atoms with Gasteiger partial charge >= 0.3 is 5.97 Å². The lowest BCUT2D eigenvalue weighted by Crippen LogP contribution is -2.59. The molecule has 1 fully saturated rings. The molecule has 1 aliphatic rings. The quantitative estimate of drug-likeness (QED) is 0.381. The maximum absolute atomic E-state index is 13.3. The van der Waals surface area contributed by atoms with Crippen LogP contribution in [0.1, 0.15) is 15.9 Å². The number of carbonyl (C=O) groups is 2. The van der Waals surface area contributed by atoms with E-state index in [-0.39, 0.29) is 24.7 Å². The molecule has 10 nitrogen and oxygen atoms in total. The molecular formula is C23H24ClN5O5S. The number of carboxylic acid groups (broad SMARTS) is 1. The standard InChI is InChI=1S/C23H24ClN5O5S/c1-27(2)25-13-15-3-5-16(6-4-15)22(30)29-10-9-28(14-20(29)23(31)32)35(33,34)21-12-17-11-18(24)7-8-19(17)26-21/h3-8,11-13,20,26H,9-10,14H2,1-2H3,(H,31,32). The summed E-state index contributed by atoms with van der Waals surface area (Å²) in [6.45, 7) is -0.473. The number of piperazine rings is 1. The molecule has 1 saturated heterocycles. The Bertz CT molecular complexity index is 1400. The predicted molar refractivity (Wildman–Crippen MR) is 132 cm³/mol. The average molecular weight is 518 g/mol. The molecule has 2 aromatic carbocycles. The van der Waals surface area contributed by atoms with Crippen LogP contribution < -0.4 is 0 Å². The van der Waals surface area contributed by atoms with Gasteiger partial charge in [-0.1, -0.05) is 23.7 Å². The lowest BCUT2D eigenvalue weighted by molar-refractivity contribution is -0.143. The van der Waals surface area contributed by atoms with Gasteiger partial charge < -0.3 is 20.0 Å². The Labute approximate surface area is 207 Å². The second-order valence-electron chi connectivity index (χ2n) is 8.29. The first-order valence-electron chi connectivity index (χ1n) is 10.7. The van der Waals surface area contributed by atoms with Crippen molar-refractivity contribution in [2.45, 2.75) is 11.1 Å². The number of halogens is 1. The number of rotatable bonds is 6. The largest absolute Gasteiger partial charge is 0.480 e. The summed E-state index contributed by atoms with van der Waals surface area (Å²) in [7, 11) is -0.450. The highest BCUT2D eigenvalue weighted by Crippen LogP contribution is 2.26. The maximum Gasteiger partial charge on any atom is 0.327 e. The number of H-pyrrole nitrogens is 1. The monoisotopic (exact) mass is 517 g/mol. The minimum Gasteiger partial charge on any atom is -0.480 e. The second-order valence-corrected chi connectivity index (χ2v) is 10.6. The fourth-order valence-electron chi connectivity index (χ4n) is 3.85. The summed E-state index contributed by atoms with van der Waals surface area (Å²) in [5.41, 5.74) is 1.68. The minimum absolute atomic E-state index is 0.0401. The molecule has 1 atom stereocenters. The number of hydrogen-bond acceptors (Lipinski definition) is 6. The van der Waals surface area contributed by atoms with E-state index >= 15 is 0 Å². The zero-order chi connectivity index (χ0) is 25.3. The summed E-state index contributed by atoms with van der Waals surface area (Å²) in [5, 5.41) is 16.6. The normalized spacial score (nSPS) is 17.2. The van der Waals surface area contributed by atoms with Gasteiger partial charge in [0.05, 0.1) is 6.21 Å². The van der Waals surface area contributed by atoms with E-state index in [0.717, 1.165) is 9.87 Å². The molecule has 0 bridgehead atoms. The van der Waals surface area contributed by atoms with Gasteiger partial charge in [0, 0.05) is 55.2 Å². The van der Waals surface area contributed by atoms with Crippen LogP contribution in [0.2, 0.25) is 5.02 Å². The van der Waals surface area contributed by atoms with Crippen molar-refractivity contribution < 1.29 is 23.1 Å². The van der Waals surface area contributed by atoms with E-state index in [9.17, 15) is 23.1 Å². The Morgan fingerprint density at radius 3 is 2.51 bits per heavy atom. The third kappa shape index (κ3) is 5.16. The van der Waals surface area contributed by atoms with E-state index in [1.165, 1.54) is 11.0 Å². The molecule has 2 N–H and O–H groups in total. The van der Waals surface area contributed by atoms with Crippen LogP contribution in [0.15, 0.2) is 58.7 Å². The van der Waals surface area contributed by atoms with Gasteiger partial charge in [-0.2, -0.15) is 9.41 Å². The molecule has 184 valence electrons. The number of carboxylic acids is 1. The number of benzene rings is 2. The van der Waals surface area contributed by atoms with Crippen LogP contribution in [0.4, 0.5) is 0 Å². The first-order chi connectivity index (χ1) is 16.6. The number of sulfonamides is 1. The molecular weight excluding hydrogens is 494 g/mol. The van der Waals surface area contributed by atoms with Crippen molar-refractivity contribution >= 4 is 50.6 Å². The summed E-state index contributed by atoms with van der Waals surface area (Å²) in [6, 6.07) is 11.7. The molecule has 12 heteroatoms. The summed E-state index contributed by atoms with van der Waals surface area (Å²) in [6.07, 6.45) is 1.63. The average Bonchev–Trinajstić information content (AvgIpc) is 3.26. The highest BCUT2D eigenvalue weighted by Gasteiger charge is 2.40.